The number of pyridine rings is 1. The second kappa shape index (κ2) is 10.8. The predicted molar refractivity (Wildman–Crippen MR) is 192 cm³/mol. The monoisotopic (exact) mass is 585 g/mol. The highest BCUT2D eigenvalue weighted by atomic mass is 14.9. The molecule has 3 nitrogen and oxygen atoms in total. The lowest BCUT2D eigenvalue weighted by atomic mass is 9.92. The molecular weight excluding hydrogens is 558 g/mol. The van der Waals surface area contributed by atoms with E-state index >= 15 is 0 Å². The average Bonchev–Trinajstić information content (AvgIpc) is 3.15. The first kappa shape index (κ1) is 26.2. The maximum Gasteiger partial charge on any atom is 0.160 e. The molecule has 2 heterocycles. The standard InChI is InChI=1S/C43H27N3/c1-3-14-28(15-4-1)38-27-39(29-16-5-2-6-17-29)45-43(44-38)31-19-13-18-30(26-31)41-37-25-12-10-23-35(37)40-34-22-9-7-20-32(34)33-21-8-11-24-36(33)42(40)46-41/h1-27H. The molecule has 214 valence electrons. The van der Waals surface area contributed by atoms with Gasteiger partial charge in [0.15, 0.2) is 5.82 Å². The van der Waals surface area contributed by atoms with Gasteiger partial charge in [0, 0.05) is 38.4 Å². The van der Waals surface area contributed by atoms with Crippen LogP contribution in [-0.4, -0.2) is 15.0 Å². The summed E-state index contributed by atoms with van der Waals surface area (Å²) in [5, 5.41) is 8.35. The molecule has 0 aliphatic heterocycles. The van der Waals surface area contributed by atoms with Gasteiger partial charge in [0.25, 0.3) is 0 Å². The van der Waals surface area contributed by atoms with Crippen LogP contribution in [0.1, 0.15) is 0 Å². The number of nitrogens with zero attached hydrogens (tertiary/aromatic N) is 3. The van der Waals surface area contributed by atoms with E-state index in [9.17, 15) is 0 Å². The third-order valence-corrected chi connectivity index (χ3v) is 8.84. The minimum Gasteiger partial charge on any atom is -0.246 e. The molecule has 0 aliphatic carbocycles. The fraction of sp³-hybridized carbons (Fsp3) is 0. The van der Waals surface area contributed by atoms with Crippen molar-refractivity contribution >= 4 is 43.2 Å². The molecule has 46 heavy (non-hydrogen) atoms. The molecule has 0 atom stereocenters. The molecule has 2 aromatic heterocycles. The van der Waals surface area contributed by atoms with E-state index in [1.807, 2.05) is 36.4 Å². The molecule has 0 N–H and O–H groups in total. The van der Waals surface area contributed by atoms with Crippen LogP contribution in [0.3, 0.4) is 0 Å². The van der Waals surface area contributed by atoms with Gasteiger partial charge in [0.05, 0.1) is 22.6 Å². The molecule has 7 aromatic carbocycles. The first-order chi connectivity index (χ1) is 22.8. The summed E-state index contributed by atoms with van der Waals surface area (Å²) in [6.45, 7) is 0. The van der Waals surface area contributed by atoms with Gasteiger partial charge >= 0.3 is 0 Å². The Morgan fingerprint density at radius 2 is 0.761 bits per heavy atom. The molecule has 0 bridgehead atoms. The quantitative estimate of drug-likeness (QED) is 0.193. The van der Waals surface area contributed by atoms with E-state index in [1.54, 1.807) is 0 Å². The molecule has 9 rings (SSSR count). The average molecular weight is 586 g/mol. The number of hydrogen-bond donors (Lipinski definition) is 0. The molecule has 0 aliphatic rings. The van der Waals surface area contributed by atoms with E-state index in [0.717, 1.165) is 55.6 Å². The zero-order chi connectivity index (χ0) is 30.5. The van der Waals surface area contributed by atoms with Crippen LogP contribution in [0.2, 0.25) is 0 Å². The van der Waals surface area contributed by atoms with Crippen LogP contribution < -0.4 is 0 Å². The highest BCUT2D eigenvalue weighted by Gasteiger charge is 2.17. The van der Waals surface area contributed by atoms with Crippen molar-refractivity contribution in [3.05, 3.63) is 164 Å². The lowest BCUT2D eigenvalue weighted by molar-refractivity contribution is 1.18. The van der Waals surface area contributed by atoms with Crippen LogP contribution >= 0.6 is 0 Å². The summed E-state index contributed by atoms with van der Waals surface area (Å²) in [5.74, 6) is 0.684. The Morgan fingerprint density at radius 1 is 0.304 bits per heavy atom. The van der Waals surface area contributed by atoms with Gasteiger partial charge in [0.1, 0.15) is 0 Å². The molecule has 0 spiro atoms. The number of benzene rings is 7. The number of aromatic nitrogens is 3. The normalized spacial score (nSPS) is 11.5. The Bertz CT molecular complexity index is 2520. The van der Waals surface area contributed by atoms with Gasteiger partial charge < -0.3 is 0 Å². The number of fused-ring (bicyclic) bond motifs is 8. The highest BCUT2D eigenvalue weighted by Crippen LogP contribution is 2.41. The predicted octanol–water partition coefficient (Wildman–Crippen LogP) is 11.2. The lowest BCUT2D eigenvalue weighted by Gasteiger charge is -2.15. The zero-order valence-corrected chi connectivity index (χ0v) is 24.9. The van der Waals surface area contributed by atoms with Crippen molar-refractivity contribution in [2.75, 3.05) is 0 Å². The van der Waals surface area contributed by atoms with E-state index in [0.29, 0.717) is 5.82 Å². The summed E-state index contributed by atoms with van der Waals surface area (Å²) in [4.78, 5) is 15.7. The molecule has 0 radical (unpaired) electrons. The van der Waals surface area contributed by atoms with Crippen LogP contribution in [-0.2, 0) is 0 Å². The fourth-order valence-electron chi connectivity index (χ4n) is 6.71. The Kier molecular flexibility index (Phi) is 6.14. The Hall–Kier alpha value is -6.19. The minimum absolute atomic E-state index is 0.684. The van der Waals surface area contributed by atoms with Crippen LogP contribution in [0.15, 0.2) is 164 Å². The van der Waals surface area contributed by atoms with Crippen LogP contribution in [0.4, 0.5) is 0 Å². The van der Waals surface area contributed by atoms with Crippen molar-refractivity contribution < 1.29 is 0 Å². The van der Waals surface area contributed by atoms with Crippen LogP contribution in [0.5, 0.6) is 0 Å². The minimum atomic E-state index is 0.684. The largest absolute Gasteiger partial charge is 0.246 e. The topological polar surface area (TPSA) is 38.7 Å². The number of hydrogen-bond acceptors (Lipinski definition) is 3. The molecule has 0 saturated carbocycles. The maximum absolute atomic E-state index is 5.48. The van der Waals surface area contributed by atoms with Crippen molar-refractivity contribution in [2.24, 2.45) is 0 Å². The number of rotatable bonds is 4. The molecule has 9 aromatic rings. The van der Waals surface area contributed by atoms with Gasteiger partial charge in [-0.15, -0.1) is 0 Å². The van der Waals surface area contributed by atoms with Crippen molar-refractivity contribution in [3.63, 3.8) is 0 Å². The first-order valence-electron chi connectivity index (χ1n) is 15.5. The molecule has 0 unspecified atom stereocenters. The van der Waals surface area contributed by atoms with E-state index in [4.69, 9.17) is 15.0 Å². The lowest BCUT2D eigenvalue weighted by Crippen LogP contribution is -1.97. The van der Waals surface area contributed by atoms with Crippen molar-refractivity contribution in [3.8, 4) is 45.2 Å². The van der Waals surface area contributed by atoms with Gasteiger partial charge in [-0.1, -0.05) is 152 Å². The van der Waals surface area contributed by atoms with Gasteiger partial charge in [-0.25, -0.2) is 15.0 Å². The van der Waals surface area contributed by atoms with Crippen molar-refractivity contribution in [1.82, 2.24) is 15.0 Å². The summed E-state index contributed by atoms with van der Waals surface area (Å²) < 4.78 is 0. The summed E-state index contributed by atoms with van der Waals surface area (Å²) in [7, 11) is 0. The van der Waals surface area contributed by atoms with E-state index in [-0.39, 0.29) is 0 Å². The van der Waals surface area contributed by atoms with E-state index in [1.165, 1.54) is 26.9 Å². The Morgan fingerprint density at radius 3 is 1.39 bits per heavy atom. The Labute approximate surface area is 266 Å². The summed E-state index contributed by atoms with van der Waals surface area (Å²) in [6.07, 6.45) is 0. The van der Waals surface area contributed by atoms with Gasteiger partial charge in [-0.05, 0) is 33.7 Å². The van der Waals surface area contributed by atoms with Gasteiger partial charge in [0.2, 0.25) is 0 Å². The maximum atomic E-state index is 5.48. The second-order valence-corrected chi connectivity index (χ2v) is 11.6. The smallest absolute Gasteiger partial charge is 0.160 e. The summed E-state index contributed by atoms with van der Waals surface area (Å²) in [6, 6.07) is 57.1. The fourth-order valence-corrected chi connectivity index (χ4v) is 6.71. The first-order valence-corrected chi connectivity index (χ1v) is 15.5. The molecule has 0 saturated heterocycles. The van der Waals surface area contributed by atoms with Gasteiger partial charge in [-0.2, -0.15) is 0 Å². The Balaban J connectivity index is 1.30. The molecule has 0 amide bonds. The molecule has 0 fully saturated rings. The third kappa shape index (κ3) is 4.33. The second-order valence-electron chi connectivity index (χ2n) is 11.6. The van der Waals surface area contributed by atoms with Gasteiger partial charge in [-0.3, -0.25) is 0 Å². The third-order valence-electron chi connectivity index (χ3n) is 8.84. The van der Waals surface area contributed by atoms with Crippen molar-refractivity contribution in [1.29, 1.82) is 0 Å². The SMILES string of the molecule is c1ccc(-c2cc(-c3ccccc3)nc(-c3cccc(-c4nc5c6ccccc6c6ccccc6c5c5ccccc45)c3)n2)cc1. The summed E-state index contributed by atoms with van der Waals surface area (Å²) in [5.41, 5.74) is 7.84. The molecular formula is C43H27N3. The van der Waals surface area contributed by atoms with E-state index in [2.05, 4.69) is 127 Å². The van der Waals surface area contributed by atoms with Crippen molar-refractivity contribution in [2.45, 2.75) is 0 Å². The zero-order valence-electron chi connectivity index (χ0n) is 24.9. The van der Waals surface area contributed by atoms with Crippen LogP contribution in [0.25, 0.3) is 88.4 Å². The summed E-state index contributed by atoms with van der Waals surface area (Å²) >= 11 is 0. The highest BCUT2D eigenvalue weighted by molar-refractivity contribution is 6.31. The van der Waals surface area contributed by atoms with Crippen LogP contribution in [0, 0.1) is 0 Å². The molecule has 3 heteroatoms. The van der Waals surface area contributed by atoms with E-state index < -0.39 is 0 Å².